The Morgan fingerprint density at radius 3 is 2.80 bits per heavy atom. The molecule has 0 bridgehead atoms. The fourth-order valence-corrected chi connectivity index (χ4v) is 3.33. The third-order valence-electron chi connectivity index (χ3n) is 4.06. The molecule has 0 saturated carbocycles. The van der Waals surface area contributed by atoms with Crippen molar-refractivity contribution in [1.82, 2.24) is 0 Å². The molecule has 2 aliphatic heterocycles. The third-order valence-corrected chi connectivity index (χ3v) is 4.64. The molecule has 3 rings (SSSR count). The van der Waals surface area contributed by atoms with Gasteiger partial charge in [0.05, 0.1) is 17.2 Å². The van der Waals surface area contributed by atoms with E-state index >= 15 is 0 Å². The zero-order valence-electron chi connectivity index (χ0n) is 11.1. The van der Waals surface area contributed by atoms with Crippen molar-refractivity contribution >= 4 is 15.9 Å². The van der Waals surface area contributed by atoms with Crippen LogP contribution >= 0.6 is 15.9 Å². The summed E-state index contributed by atoms with van der Waals surface area (Å²) in [5, 5.41) is 10.7. The molecule has 1 aromatic carbocycles. The second-order valence-electron chi connectivity index (χ2n) is 5.30. The van der Waals surface area contributed by atoms with E-state index in [1.165, 1.54) is 0 Å². The van der Waals surface area contributed by atoms with E-state index in [1.807, 2.05) is 12.1 Å². The van der Waals surface area contributed by atoms with Crippen LogP contribution in [-0.4, -0.2) is 38.1 Å². The Balaban J connectivity index is 1.95. The van der Waals surface area contributed by atoms with Crippen LogP contribution in [-0.2, 0) is 4.74 Å². The van der Waals surface area contributed by atoms with E-state index in [9.17, 15) is 5.11 Å². The number of aliphatic hydroxyl groups is 1. The second kappa shape index (κ2) is 5.52. The summed E-state index contributed by atoms with van der Waals surface area (Å²) in [5.41, 5.74) is 6.24. The molecule has 1 aromatic rings. The normalized spacial score (nSPS) is 26.6. The Hall–Kier alpha value is -0.820. The number of hydrogen-bond donors (Lipinski definition) is 2. The fourth-order valence-electron chi connectivity index (χ4n) is 2.75. The molecule has 2 atom stereocenters. The van der Waals surface area contributed by atoms with E-state index in [1.54, 1.807) is 0 Å². The second-order valence-corrected chi connectivity index (χ2v) is 6.15. The van der Waals surface area contributed by atoms with Crippen LogP contribution < -0.4 is 15.2 Å². The van der Waals surface area contributed by atoms with E-state index in [0.29, 0.717) is 44.5 Å². The van der Waals surface area contributed by atoms with Gasteiger partial charge < -0.3 is 25.1 Å². The Kier molecular flexibility index (Phi) is 3.90. The predicted octanol–water partition coefficient (Wildman–Crippen LogP) is 1.62. The highest BCUT2D eigenvalue weighted by molar-refractivity contribution is 9.10. The number of nitrogens with two attached hydrogens (primary N) is 1. The average Bonchev–Trinajstić information content (AvgIpc) is 2.96. The summed E-state index contributed by atoms with van der Waals surface area (Å²) in [6.07, 6.45) is 0.0821. The zero-order chi connectivity index (χ0) is 14.2. The van der Waals surface area contributed by atoms with Crippen molar-refractivity contribution in [3.63, 3.8) is 0 Å². The van der Waals surface area contributed by atoms with Gasteiger partial charge in [-0.3, -0.25) is 0 Å². The third kappa shape index (κ3) is 2.30. The Morgan fingerprint density at radius 2 is 2.10 bits per heavy atom. The minimum absolute atomic E-state index is 0.389. The van der Waals surface area contributed by atoms with Crippen LogP contribution in [0.15, 0.2) is 16.6 Å². The lowest BCUT2D eigenvalue weighted by Gasteiger charge is -2.32. The van der Waals surface area contributed by atoms with Crippen LogP contribution in [0.5, 0.6) is 11.5 Å². The highest BCUT2D eigenvalue weighted by Crippen LogP contribution is 2.45. The summed E-state index contributed by atoms with van der Waals surface area (Å²) in [7, 11) is 0. The average molecular weight is 344 g/mol. The van der Waals surface area contributed by atoms with E-state index in [4.69, 9.17) is 19.9 Å². The van der Waals surface area contributed by atoms with E-state index in [2.05, 4.69) is 15.9 Å². The van der Waals surface area contributed by atoms with Gasteiger partial charge in [0.25, 0.3) is 0 Å². The van der Waals surface area contributed by atoms with Gasteiger partial charge in [0.15, 0.2) is 11.5 Å². The first-order valence-electron chi connectivity index (χ1n) is 6.71. The van der Waals surface area contributed by atoms with Crippen molar-refractivity contribution in [2.24, 2.45) is 11.1 Å². The minimum atomic E-state index is -0.679. The lowest BCUT2D eigenvalue weighted by Crippen LogP contribution is -2.37. The topological polar surface area (TPSA) is 73.9 Å². The molecule has 1 fully saturated rings. The molecule has 6 heteroatoms. The van der Waals surface area contributed by atoms with E-state index in [-0.39, 0.29) is 0 Å². The fraction of sp³-hybridized carbons (Fsp3) is 0.571. The number of aliphatic hydroxyl groups excluding tert-OH is 1. The van der Waals surface area contributed by atoms with Gasteiger partial charge in [0, 0.05) is 18.6 Å². The van der Waals surface area contributed by atoms with Gasteiger partial charge in [-0.2, -0.15) is 0 Å². The molecule has 0 spiro atoms. The SMILES string of the molecule is NCC1(C(O)c2cc(Br)c3c(c2)OCCO3)CCOC1. The van der Waals surface area contributed by atoms with Crippen molar-refractivity contribution in [3.8, 4) is 11.5 Å². The van der Waals surface area contributed by atoms with Crippen molar-refractivity contribution in [2.75, 3.05) is 33.0 Å². The summed E-state index contributed by atoms with van der Waals surface area (Å²) < 4.78 is 17.4. The van der Waals surface area contributed by atoms with Crippen LogP contribution in [0.3, 0.4) is 0 Å². The largest absolute Gasteiger partial charge is 0.486 e. The monoisotopic (exact) mass is 343 g/mol. The lowest BCUT2D eigenvalue weighted by molar-refractivity contribution is 0.0187. The summed E-state index contributed by atoms with van der Waals surface area (Å²) in [4.78, 5) is 0. The summed E-state index contributed by atoms with van der Waals surface area (Å²) in [6, 6.07) is 3.70. The van der Waals surface area contributed by atoms with Gasteiger partial charge in [-0.15, -0.1) is 0 Å². The first-order chi connectivity index (χ1) is 9.66. The maximum Gasteiger partial charge on any atom is 0.175 e. The Bertz CT molecular complexity index is 502. The highest BCUT2D eigenvalue weighted by atomic mass is 79.9. The molecule has 0 amide bonds. The van der Waals surface area contributed by atoms with Gasteiger partial charge in [0.1, 0.15) is 13.2 Å². The lowest BCUT2D eigenvalue weighted by atomic mass is 9.78. The van der Waals surface area contributed by atoms with Crippen molar-refractivity contribution in [2.45, 2.75) is 12.5 Å². The van der Waals surface area contributed by atoms with Gasteiger partial charge >= 0.3 is 0 Å². The van der Waals surface area contributed by atoms with Crippen LogP contribution in [0.2, 0.25) is 0 Å². The highest BCUT2D eigenvalue weighted by Gasteiger charge is 2.41. The summed E-state index contributed by atoms with van der Waals surface area (Å²) >= 11 is 3.47. The van der Waals surface area contributed by atoms with Crippen molar-refractivity contribution < 1.29 is 19.3 Å². The first-order valence-corrected chi connectivity index (χ1v) is 7.50. The van der Waals surface area contributed by atoms with Crippen LogP contribution in [0.1, 0.15) is 18.1 Å². The number of benzene rings is 1. The van der Waals surface area contributed by atoms with Gasteiger partial charge in [-0.1, -0.05) is 0 Å². The molecule has 110 valence electrons. The molecule has 2 heterocycles. The van der Waals surface area contributed by atoms with Crippen LogP contribution in [0.25, 0.3) is 0 Å². The standard InChI is InChI=1S/C14H18BrNO4/c15-10-5-9(6-11-12(10)20-4-3-19-11)13(17)14(7-16)1-2-18-8-14/h5-6,13,17H,1-4,7-8,16H2. The molecular weight excluding hydrogens is 326 g/mol. The maximum atomic E-state index is 10.7. The zero-order valence-corrected chi connectivity index (χ0v) is 12.7. The Morgan fingerprint density at radius 1 is 1.30 bits per heavy atom. The number of halogens is 1. The molecule has 2 unspecified atom stereocenters. The number of hydrogen-bond acceptors (Lipinski definition) is 5. The van der Waals surface area contributed by atoms with Crippen LogP contribution in [0.4, 0.5) is 0 Å². The maximum absolute atomic E-state index is 10.7. The van der Waals surface area contributed by atoms with Crippen molar-refractivity contribution in [3.05, 3.63) is 22.2 Å². The van der Waals surface area contributed by atoms with Gasteiger partial charge in [0.2, 0.25) is 0 Å². The molecule has 1 saturated heterocycles. The molecule has 5 nitrogen and oxygen atoms in total. The van der Waals surface area contributed by atoms with E-state index < -0.39 is 11.5 Å². The molecule has 0 aromatic heterocycles. The predicted molar refractivity (Wildman–Crippen MR) is 77.0 cm³/mol. The molecule has 0 radical (unpaired) electrons. The number of fused-ring (bicyclic) bond motifs is 1. The van der Waals surface area contributed by atoms with Gasteiger partial charge in [-0.25, -0.2) is 0 Å². The minimum Gasteiger partial charge on any atom is -0.486 e. The summed E-state index contributed by atoms with van der Waals surface area (Å²) in [6.45, 7) is 2.56. The van der Waals surface area contributed by atoms with Crippen LogP contribution in [0, 0.1) is 5.41 Å². The molecule has 2 aliphatic rings. The molecular formula is C14H18BrNO4. The Labute approximate surface area is 126 Å². The van der Waals surface area contributed by atoms with E-state index in [0.717, 1.165) is 16.5 Å². The number of ether oxygens (including phenoxy) is 3. The molecule has 3 N–H and O–H groups in total. The smallest absolute Gasteiger partial charge is 0.175 e. The summed E-state index contributed by atoms with van der Waals surface area (Å²) in [5.74, 6) is 1.35. The van der Waals surface area contributed by atoms with Gasteiger partial charge in [-0.05, 0) is 40.0 Å². The quantitative estimate of drug-likeness (QED) is 0.872. The first kappa shape index (κ1) is 14.1. The molecule has 20 heavy (non-hydrogen) atoms. The molecule has 0 aliphatic carbocycles. The number of rotatable bonds is 3. The van der Waals surface area contributed by atoms with Crippen molar-refractivity contribution in [1.29, 1.82) is 0 Å².